The first-order valence-electron chi connectivity index (χ1n) is 24.3. The van der Waals surface area contributed by atoms with Crippen LogP contribution in [0.25, 0.3) is 33.9 Å². The fraction of sp³-hybridized carbons (Fsp3) is 0.295. The molecule has 69 heavy (non-hydrogen) atoms. The van der Waals surface area contributed by atoms with Crippen LogP contribution < -0.4 is 14.7 Å². The van der Waals surface area contributed by atoms with Crippen molar-refractivity contribution in [1.82, 2.24) is 9.97 Å². The fourth-order valence-electron chi connectivity index (χ4n) is 9.91. The van der Waals surface area contributed by atoms with Gasteiger partial charge in [-0.3, -0.25) is 15.0 Å². The summed E-state index contributed by atoms with van der Waals surface area (Å²) in [6.45, 7) is 27.0. The lowest BCUT2D eigenvalue weighted by Crippen LogP contribution is -2.53. The molecular formula is C61H64N8. The Morgan fingerprint density at radius 2 is 0.565 bits per heavy atom. The highest BCUT2D eigenvalue weighted by atomic mass is 15.4. The van der Waals surface area contributed by atoms with Crippen LogP contribution in [0.4, 0.5) is 17.1 Å². The van der Waals surface area contributed by atoms with Gasteiger partial charge in [-0.05, 0) is 126 Å². The van der Waals surface area contributed by atoms with Crippen LogP contribution in [0.1, 0.15) is 99.8 Å². The molecule has 10 rings (SSSR count). The lowest BCUT2D eigenvalue weighted by molar-refractivity contribution is 0.338. The van der Waals surface area contributed by atoms with Crippen molar-refractivity contribution in [3.8, 4) is 33.9 Å². The first kappa shape index (κ1) is 45.6. The quantitative estimate of drug-likeness (QED) is 0.144. The molecule has 0 aliphatic carbocycles. The zero-order chi connectivity index (χ0) is 48.7. The number of benzene rings is 6. The predicted octanol–water partition coefficient (Wildman–Crippen LogP) is 13.9. The van der Waals surface area contributed by atoms with E-state index in [0.717, 1.165) is 79.3 Å². The van der Waals surface area contributed by atoms with Gasteiger partial charge in [0.25, 0.3) is 0 Å². The molecule has 4 heterocycles. The van der Waals surface area contributed by atoms with Gasteiger partial charge in [0.15, 0.2) is 5.82 Å². The molecule has 0 bridgehead atoms. The van der Waals surface area contributed by atoms with E-state index in [1.54, 1.807) is 0 Å². The minimum Gasteiger partial charge on any atom is -0.318 e. The van der Waals surface area contributed by atoms with E-state index < -0.39 is 0 Å². The normalized spacial score (nSPS) is 19.3. The number of aliphatic imine (C=N–C) groups is 3. The lowest BCUT2D eigenvalue weighted by Gasteiger charge is -2.41. The third-order valence-electron chi connectivity index (χ3n) is 15.9. The Morgan fingerprint density at radius 3 is 0.884 bits per heavy atom. The summed E-state index contributed by atoms with van der Waals surface area (Å²) in [5, 5.41) is 0. The molecule has 0 saturated carbocycles. The number of amidine groups is 3. The average molecular weight is 909 g/mol. The van der Waals surface area contributed by atoms with Crippen molar-refractivity contribution < 1.29 is 0 Å². The lowest BCUT2D eigenvalue weighted by atomic mass is 9.82. The third-order valence-corrected chi connectivity index (χ3v) is 15.9. The van der Waals surface area contributed by atoms with Crippen molar-refractivity contribution in [3.05, 3.63) is 187 Å². The number of nitrogens with zero attached hydrogens (tertiary/aromatic N) is 8. The second kappa shape index (κ2) is 16.2. The molecule has 0 fully saturated rings. The van der Waals surface area contributed by atoms with E-state index in [1.165, 1.54) is 0 Å². The molecule has 0 atom stereocenters. The molecule has 8 nitrogen and oxygen atoms in total. The molecule has 348 valence electrons. The number of aromatic nitrogens is 2. The minimum atomic E-state index is -0.359. The molecule has 8 heteroatoms. The fourth-order valence-corrected chi connectivity index (χ4v) is 9.91. The van der Waals surface area contributed by atoms with E-state index in [9.17, 15) is 0 Å². The van der Waals surface area contributed by atoms with Crippen LogP contribution in [0.5, 0.6) is 0 Å². The third kappa shape index (κ3) is 7.56. The molecule has 7 aromatic rings. The number of hydrogen-bond donors (Lipinski definition) is 0. The maximum absolute atomic E-state index is 5.47. The molecule has 0 amide bonds. The van der Waals surface area contributed by atoms with Crippen LogP contribution in [0.2, 0.25) is 0 Å². The summed E-state index contributed by atoms with van der Waals surface area (Å²) in [6, 6.07) is 59.9. The van der Waals surface area contributed by atoms with Gasteiger partial charge in [0.2, 0.25) is 0 Å². The Morgan fingerprint density at radius 1 is 0.290 bits per heavy atom. The monoisotopic (exact) mass is 909 g/mol. The number of hydrogen-bond acceptors (Lipinski definition) is 8. The summed E-state index contributed by atoms with van der Waals surface area (Å²) >= 11 is 0. The van der Waals surface area contributed by atoms with Gasteiger partial charge in [0.1, 0.15) is 17.5 Å². The standard InChI is InChI=1S/C61H64N8/c1-56(2)59(7,8)67(53(64-56)41-25-16-13-17-26-41)47-34-22-31-44(37-47)50-40-51(45-32-23-35-48(38-45)68-54(42-27-18-14-19-28-42)65-57(3,4)60(68,9)10)63-52(62-50)46-33-24-36-49(39-46)69-55(43-29-20-15-21-30-43)66-58(5,6)61(69,11)12/h13-40H,1-12H3. The van der Waals surface area contributed by atoms with Gasteiger partial charge < -0.3 is 14.7 Å². The Hall–Kier alpha value is -7.19. The van der Waals surface area contributed by atoms with E-state index in [1.807, 2.05) is 0 Å². The van der Waals surface area contributed by atoms with Gasteiger partial charge in [-0.15, -0.1) is 0 Å². The molecule has 0 saturated heterocycles. The molecule has 3 aliphatic rings. The summed E-state index contributed by atoms with van der Waals surface area (Å²) in [5.41, 5.74) is 8.84. The van der Waals surface area contributed by atoms with Crippen molar-refractivity contribution in [2.45, 2.75) is 116 Å². The van der Waals surface area contributed by atoms with Crippen molar-refractivity contribution >= 4 is 34.6 Å². The van der Waals surface area contributed by atoms with Crippen LogP contribution in [0, 0.1) is 0 Å². The largest absolute Gasteiger partial charge is 0.318 e. The summed E-state index contributed by atoms with van der Waals surface area (Å²) in [4.78, 5) is 34.3. The van der Waals surface area contributed by atoms with Crippen molar-refractivity contribution in [1.29, 1.82) is 0 Å². The van der Waals surface area contributed by atoms with Gasteiger partial charge in [-0.2, -0.15) is 0 Å². The van der Waals surface area contributed by atoms with Crippen molar-refractivity contribution in [2.24, 2.45) is 15.0 Å². The Bertz CT molecular complexity index is 2830. The Balaban J connectivity index is 1.13. The van der Waals surface area contributed by atoms with Gasteiger partial charge in [0.05, 0.1) is 44.6 Å². The predicted molar refractivity (Wildman–Crippen MR) is 289 cm³/mol. The highest BCUT2D eigenvalue weighted by Crippen LogP contribution is 2.46. The molecular weight excluding hydrogens is 845 g/mol. The van der Waals surface area contributed by atoms with E-state index in [2.05, 4.69) is 268 Å². The number of anilines is 3. The van der Waals surface area contributed by atoms with Crippen molar-refractivity contribution in [2.75, 3.05) is 14.7 Å². The molecule has 3 aliphatic heterocycles. The molecule has 0 spiro atoms. The SMILES string of the molecule is CC1(C)N=C(c2ccccc2)N(c2cccc(-c3cc(-c4cccc(N5C(c6ccccc6)=NC(C)(C)C5(C)C)c4)nc(-c4cccc(N5C(c6ccccc6)=NC(C)(C)C5(C)C)c4)n3)c2)C1(C)C. The summed E-state index contributed by atoms with van der Waals surface area (Å²) in [5.74, 6) is 3.50. The summed E-state index contributed by atoms with van der Waals surface area (Å²) < 4.78 is 0. The molecule has 0 N–H and O–H groups in total. The maximum Gasteiger partial charge on any atom is 0.160 e. The first-order valence-corrected chi connectivity index (χ1v) is 24.3. The summed E-state index contributed by atoms with van der Waals surface area (Å²) in [6.07, 6.45) is 0. The van der Waals surface area contributed by atoms with Crippen LogP contribution in [0.3, 0.4) is 0 Å². The molecule has 6 aromatic carbocycles. The van der Waals surface area contributed by atoms with E-state index in [0.29, 0.717) is 5.82 Å². The van der Waals surface area contributed by atoms with Gasteiger partial charge >= 0.3 is 0 Å². The first-order chi connectivity index (χ1) is 32.7. The maximum atomic E-state index is 5.47. The zero-order valence-corrected chi connectivity index (χ0v) is 42.2. The van der Waals surface area contributed by atoms with Gasteiger partial charge in [-0.25, -0.2) is 9.97 Å². The minimum absolute atomic E-state index is 0.334. The highest BCUT2D eigenvalue weighted by molar-refractivity contribution is 6.15. The van der Waals surface area contributed by atoms with Crippen LogP contribution in [-0.4, -0.2) is 60.7 Å². The zero-order valence-electron chi connectivity index (χ0n) is 42.2. The van der Waals surface area contributed by atoms with Crippen LogP contribution in [0.15, 0.2) is 185 Å². The highest BCUT2D eigenvalue weighted by Gasteiger charge is 2.52. The second-order valence-electron chi connectivity index (χ2n) is 21.9. The van der Waals surface area contributed by atoms with E-state index in [4.69, 9.17) is 24.9 Å². The Labute approximate surface area is 409 Å². The summed E-state index contributed by atoms with van der Waals surface area (Å²) in [7, 11) is 0. The van der Waals surface area contributed by atoms with Crippen molar-refractivity contribution in [3.63, 3.8) is 0 Å². The topological polar surface area (TPSA) is 72.6 Å². The van der Waals surface area contributed by atoms with Crippen LogP contribution in [-0.2, 0) is 0 Å². The smallest absolute Gasteiger partial charge is 0.160 e. The molecule has 0 unspecified atom stereocenters. The molecule has 1 aromatic heterocycles. The Kier molecular flexibility index (Phi) is 10.7. The average Bonchev–Trinajstić information content (AvgIpc) is 3.76. The number of rotatable bonds is 9. The van der Waals surface area contributed by atoms with E-state index >= 15 is 0 Å². The van der Waals surface area contributed by atoms with Gasteiger partial charge in [0, 0.05) is 50.4 Å². The van der Waals surface area contributed by atoms with E-state index in [-0.39, 0.29) is 33.2 Å². The van der Waals surface area contributed by atoms with Crippen LogP contribution >= 0.6 is 0 Å². The second-order valence-corrected chi connectivity index (χ2v) is 21.9. The molecule has 0 radical (unpaired) electrons. The van der Waals surface area contributed by atoms with Gasteiger partial charge in [-0.1, -0.05) is 127 Å².